The van der Waals surface area contributed by atoms with E-state index in [0.717, 1.165) is 12.1 Å². The third-order valence-corrected chi connectivity index (χ3v) is 2.97. The summed E-state index contributed by atoms with van der Waals surface area (Å²) in [7, 11) is 1.34. The smallest absolute Gasteiger partial charge is 0.165 e. The highest BCUT2D eigenvalue weighted by Crippen LogP contribution is 2.28. The molecule has 1 unspecified atom stereocenters. The molecular formula is C14H13F3N2O. The van der Waals surface area contributed by atoms with Gasteiger partial charge in [-0.1, -0.05) is 18.2 Å². The lowest BCUT2D eigenvalue weighted by Crippen LogP contribution is -2.29. The molecule has 0 bridgehead atoms. The van der Waals surface area contributed by atoms with Crippen LogP contribution in [0.25, 0.3) is 0 Å². The molecule has 20 heavy (non-hydrogen) atoms. The Morgan fingerprint density at radius 1 is 1.10 bits per heavy atom. The number of hydrazine groups is 1. The molecule has 106 valence electrons. The van der Waals surface area contributed by atoms with Gasteiger partial charge < -0.3 is 4.74 Å². The van der Waals surface area contributed by atoms with E-state index in [4.69, 9.17) is 10.6 Å². The number of benzene rings is 2. The van der Waals surface area contributed by atoms with E-state index < -0.39 is 23.5 Å². The van der Waals surface area contributed by atoms with E-state index in [0.29, 0.717) is 5.56 Å². The first kappa shape index (κ1) is 14.4. The van der Waals surface area contributed by atoms with E-state index in [1.54, 1.807) is 0 Å². The van der Waals surface area contributed by atoms with Crippen molar-refractivity contribution in [2.45, 2.75) is 6.04 Å². The topological polar surface area (TPSA) is 47.3 Å². The van der Waals surface area contributed by atoms with Crippen LogP contribution >= 0.6 is 0 Å². The van der Waals surface area contributed by atoms with E-state index in [-0.39, 0.29) is 11.3 Å². The summed E-state index contributed by atoms with van der Waals surface area (Å²) in [6.07, 6.45) is 0. The molecule has 3 nitrogen and oxygen atoms in total. The van der Waals surface area contributed by atoms with Gasteiger partial charge in [0.1, 0.15) is 0 Å². The van der Waals surface area contributed by atoms with Gasteiger partial charge in [-0.3, -0.25) is 5.84 Å². The Kier molecular flexibility index (Phi) is 4.26. The summed E-state index contributed by atoms with van der Waals surface area (Å²) in [6, 6.07) is 6.95. The maximum Gasteiger partial charge on any atom is 0.165 e. The van der Waals surface area contributed by atoms with Gasteiger partial charge >= 0.3 is 0 Å². The molecule has 1 atom stereocenters. The van der Waals surface area contributed by atoms with E-state index >= 15 is 0 Å². The Morgan fingerprint density at radius 3 is 2.45 bits per heavy atom. The minimum Gasteiger partial charge on any atom is -0.494 e. The second-order valence-electron chi connectivity index (χ2n) is 4.14. The van der Waals surface area contributed by atoms with Gasteiger partial charge in [-0.15, -0.1) is 0 Å². The van der Waals surface area contributed by atoms with Crippen LogP contribution in [0.3, 0.4) is 0 Å². The summed E-state index contributed by atoms with van der Waals surface area (Å²) in [5.74, 6) is 2.82. The molecule has 0 aliphatic rings. The predicted molar refractivity (Wildman–Crippen MR) is 68.5 cm³/mol. The van der Waals surface area contributed by atoms with Crippen LogP contribution in [0.5, 0.6) is 5.75 Å². The third kappa shape index (κ3) is 2.61. The van der Waals surface area contributed by atoms with Crippen molar-refractivity contribution in [3.05, 3.63) is 65.0 Å². The second-order valence-corrected chi connectivity index (χ2v) is 4.14. The standard InChI is InChI=1S/C14H13F3N2O/c1-20-12-6-5-8(7-11(12)16)14(19-18)9-3-2-4-10(15)13(9)17/h2-7,14,19H,18H2,1H3. The fourth-order valence-electron chi connectivity index (χ4n) is 1.97. The van der Waals surface area contributed by atoms with Crippen LogP contribution in [0.1, 0.15) is 17.2 Å². The van der Waals surface area contributed by atoms with Gasteiger partial charge in [0.25, 0.3) is 0 Å². The Hall–Kier alpha value is -2.05. The number of hydrogen-bond donors (Lipinski definition) is 2. The summed E-state index contributed by atoms with van der Waals surface area (Å²) in [5, 5.41) is 0. The van der Waals surface area contributed by atoms with Crippen molar-refractivity contribution in [2.75, 3.05) is 7.11 Å². The van der Waals surface area contributed by atoms with Crippen molar-refractivity contribution in [1.82, 2.24) is 5.43 Å². The second kappa shape index (κ2) is 5.94. The van der Waals surface area contributed by atoms with Crippen LogP contribution in [0.4, 0.5) is 13.2 Å². The molecule has 0 spiro atoms. The van der Waals surface area contributed by atoms with Gasteiger partial charge in [0.2, 0.25) is 0 Å². The lowest BCUT2D eigenvalue weighted by Gasteiger charge is -2.18. The quantitative estimate of drug-likeness (QED) is 0.669. The zero-order valence-corrected chi connectivity index (χ0v) is 10.7. The van der Waals surface area contributed by atoms with Crippen LogP contribution in [-0.2, 0) is 0 Å². The summed E-state index contributed by atoms with van der Waals surface area (Å²) in [4.78, 5) is 0. The fourth-order valence-corrected chi connectivity index (χ4v) is 1.97. The van der Waals surface area contributed by atoms with E-state index in [2.05, 4.69) is 5.43 Å². The molecule has 6 heteroatoms. The lowest BCUT2D eigenvalue weighted by molar-refractivity contribution is 0.385. The molecule has 0 saturated carbocycles. The minimum absolute atomic E-state index is 0.00272. The molecular weight excluding hydrogens is 269 g/mol. The molecule has 0 fully saturated rings. The van der Waals surface area contributed by atoms with Gasteiger partial charge in [0, 0.05) is 5.56 Å². The summed E-state index contributed by atoms with van der Waals surface area (Å²) >= 11 is 0. The van der Waals surface area contributed by atoms with Gasteiger partial charge in [0.15, 0.2) is 23.2 Å². The highest BCUT2D eigenvalue weighted by molar-refractivity contribution is 5.37. The predicted octanol–water partition coefficient (Wildman–Crippen LogP) is 2.67. The average molecular weight is 282 g/mol. The number of ether oxygens (including phenoxy) is 1. The van der Waals surface area contributed by atoms with E-state index in [1.165, 1.54) is 31.4 Å². The highest BCUT2D eigenvalue weighted by Gasteiger charge is 2.20. The van der Waals surface area contributed by atoms with Gasteiger partial charge in [-0.05, 0) is 23.8 Å². The average Bonchev–Trinajstić information content (AvgIpc) is 2.44. The number of halogens is 3. The van der Waals surface area contributed by atoms with Crippen molar-refractivity contribution < 1.29 is 17.9 Å². The molecule has 0 saturated heterocycles. The van der Waals surface area contributed by atoms with Crippen molar-refractivity contribution in [3.8, 4) is 5.75 Å². The largest absolute Gasteiger partial charge is 0.494 e. The van der Waals surface area contributed by atoms with Crippen molar-refractivity contribution in [1.29, 1.82) is 0 Å². The molecule has 0 aromatic heterocycles. The van der Waals surface area contributed by atoms with Crippen LogP contribution in [0, 0.1) is 17.5 Å². The summed E-state index contributed by atoms with van der Waals surface area (Å²) < 4.78 is 45.5. The monoisotopic (exact) mass is 282 g/mol. The maximum atomic E-state index is 13.8. The normalized spacial score (nSPS) is 12.2. The Balaban J connectivity index is 2.47. The molecule has 2 aromatic carbocycles. The van der Waals surface area contributed by atoms with Crippen molar-refractivity contribution in [2.24, 2.45) is 5.84 Å². The maximum absolute atomic E-state index is 13.8. The van der Waals surface area contributed by atoms with Crippen molar-refractivity contribution >= 4 is 0 Å². The fraction of sp³-hybridized carbons (Fsp3) is 0.143. The molecule has 2 aromatic rings. The zero-order valence-electron chi connectivity index (χ0n) is 10.7. The van der Waals surface area contributed by atoms with Gasteiger partial charge in [-0.25, -0.2) is 18.6 Å². The lowest BCUT2D eigenvalue weighted by atomic mass is 9.98. The number of nitrogens with two attached hydrogens (primary N) is 1. The molecule has 3 N–H and O–H groups in total. The minimum atomic E-state index is -1.02. The van der Waals surface area contributed by atoms with Crippen LogP contribution in [0.2, 0.25) is 0 Å². The first-order valence-corrected chi connectivity index (χ1v) is 5.82. The SMILES string of the molecule is COc1ccc(C(NN)c2cccc(F)c2F)cc1F. The Bertz CT molecular complexity index is 619. The van der Waals surface area contributed by atoms with E-state index in [9.17, 15) is 13.2 Å². The van der Waals surface area contributed by atoms with Crippen LogP contribution < -0.4 is 16.0 Å². The summed E-state index contributed by atoms with van der Waals surface area (Å²) in [6.45, 7) is 0. The first-order valence-electron chi connectivity index (χ1n) is 5.82. The Morgan fingerprint density at radius 2 is 1.85 bits per heavy atom. The molecule has 0 radical (unpaired) electrons. The Labute approximate surface area is 114 Å². The number of nitrogens with one attached hydrogen (secondary N) is 1. The molecule has 0 amide bonds. The molecule has 0 heterocycles. The molecule has 0 aliphatic heterocycles. The number of rotatable bonds is 4. The molecule has 2 rings (SSSR count). The third-order valence-electron chi connectivity index (χ3n) is 2.97. The highest BCUT2D eigenvalue weighted by atomic mass is 19.2. The van der Waals surface area contributed by atoms with Crippen LogP contribution in [-0.4, -0.2) is 7.11 Å². The van der Waals surface area contributed by atoms with Crippen molar-refractivity contribution in [3.63, 3.8) is 0 Å². The number of methoxy groups -OCH3 is 1. The summed E-state index contributed by atoms with van der Waals surface area (Å²) in [5.41, 5.74) is 2.71. The first-order chi connectivity index (χ1) is 9.58. The van der Waals surface area contributed by atoms with Gasteiger partial charge in [0.05, 0.1) is 13.2 Å². The van der Waals surface area contributed by atoms with Gasteiger partial charge in [-0.2, -0.15) is 0 Å². The van der Waals surface area contributed by atoms with Crippen LogP contribution in [0.15, 0.2) is 36.4 Å². The molecule has 0 aliphatic carbocycles. The zero-order chi connectivity index (χ0) is 14.7. The van der Waals surface area contributed by atoms with E-state index in [1.807, 2.05) is 0 Å². The number of hydrogen-bond acceptors (Lipinski definition) is 3.